The molecule has 0 aliphatic carbocycles. The number of halogens is 3. The normalized spacial score (nSPS) is 13.4. The highest BCUT2D eigenvalue weighted by molar-refractivity contribution is 6.37. The van der Waals surface area contributed by atoms with Crippen LogP contribution in [0.15, 0.2) is 36.4 Å². The number of carbonyl (C=O) groups is 1. The van der Waals surface area contributed by atoms with E-state index in [2.05, 4.69) is 0 Å². The summed E-state index contributed by atoms with van der Waals surface area (Å²) in [4.78, 5) is 11.1. The second kappa shape index (κ2) is 12.0. The lowest BCUT2D eigenvalue weighted by Crippen LogP contribution is -2.26. The largest absolute Gasteiger partial charge is 0.491 e. The van der Waals surface area contributed by atoms with Crippen LogP contribution in [-0.4, -0.2) is 54.1 Å². The van der Waals surface area contributed by atoms with Crippen molar-refractivity contribution in [3.05, 3.63) is 57.6 Å². The molecular formula is C23H27Cl3O6. The number of alkyl halides is 1. The van der Waals surface area contributed by atoms with E-state index >= 15 is 0 Å². The van der Waals surface area contributed by atoms with Gasteiger partial charge in [-0.15, -0.1) is 11.6 Å². The van der Waals surface area contributed by atoms with Gasteiger partial charge in [0.2, 0.25) is 0 Å². The summed E-state index contributed by atoms with van der Waals surface area (Å²) in [5.41, 5.74) is 1.43. The van der Waals surface area contributed by atoms with Crippen molar-refractivity contribution in [2.45, 2.75) is 38.4 Å². The van der Waals surface area contributed by atoms with Crippen molar-refractivity contribution in [3.8, 4) is 11.5 Å². The number of aliphatic hydroxyl groups excluding tert-OH is 2. The number of hydrogen-bond acceptors (Lipinski definition) is 6. The number of hydrogen-bond donors (Lipinski definition) is 2. The summed E-state index contributed by atoms with van der Waals surface area (Å²) in [6, 6.07) is 11.0. The van der Waals surface area contributed by atoms with E-state index in [0.29, 0.717) is 21.5 Å². The average molecular weight is 506 g/mol. The summed E-state index contributed by atoms with van der Waals surface area (Å²) >= 11 is 18.7. The second-order valence-corrected chi connectivity index (χ2v) is 8.89. The molecule has 0 aromatic heterocycles. The Hall–Kier alpha value is -1.70. The molecule has 0 aliphatic rings. The number of rotatable bonds is 11. The van der Waals surface area contributed by atoms with Crippen molar-refractivity contribution in [2.24, 2.45) is 0 Å². The molecule has 0 aliphatic heterocycles. The summed E-state index contributed by atoms with van der Waals surface area (Å²) < 4.78 is 16.2. The fourth-order valence-corrected chi connectivity index (χ4v) is 3.71. The second-order valence-electron chi connectivity index (χ2n) is 7.76. The van der Waals surface area contributed by atoms with E-state index in [4.69, 9.17) is 54.1 Å². The van der Waals surface area contributed by atoms with Gasteiger partial charge >= 0.3 is 5.97 Å². The van der Waals surface area contributed by atoms with E-state index in [-0.39, 0.29) is 25.7 Å². The van der Waals surface area contributed by atoms with Crippen LogP contribution in [0.4, 0.5) is 0 Å². The lowest BCUT2D eigenvalue weighted by atomic mass is 9.78. The van der Waals surface area contributed by atoms with E-state index in [1.54, 1.807) is 24.3 Å². The summed E-state index contributed by atoms with van der Waals surface area (Å²) in [6.45, 7) is 5.04. The topological polar surface area (TPSA) is 85.2 Å². The average Bonchev–Trinajstić information content (AvgIpc) is 2.75. The minimum absolute atomic E-state index is 0.00789. The molecule has 2 atom stereocenters. The molecule has 2 rings (SSSR count). The van der Waals surface area contributed by atoms with Crippen molar-refractivity contribution < 1.29 is 29.2 Å². The Morgan fingerprint density at radius 1 is 1.03 bits per heavy atom. The summed E-state index contributed by atoms with van der Waals surface area (Å²) in [7, 11) is 0. The van der Waals surface area contributed by atoms with Crippen molar-refractivity contribution >= 4 is 40.8 Å². The number of esters is 1. The van der Waals surface area contributed by atoms with Crippen LogP contribution in [-0.2, 0) is 14.9 Å². The van der Waals surface area contributed by atoms with E-state index in [1.807, 2.05) is 26.0 Å². The highest BCUT2D eigenvalue weighted by Gasteiger charge is 2.26. The van der Waals surface area contributed by atoms with Crippen LogP contribution in [0.5, 0.6) is 11.5 Å². The first-order valence-corrected chi connectivity index (χ1v) is 11.2. The quantitative estimate of drug-likeness (QED) is 0.343. The lowest BCUT2D eigenvalue weighted by Gasteiger charge is -2.27. The van der Waals surface area contributed by atoms with Gasteiger partial charge in [-0.3, -0.25) is 4.79 Å². The van der Waals surface area contributed by atoms with Gasteiger partial charge < -0.3 is 24.4 Å². The highest BCUT2D eigenvalue weighted by atomic mass is 35.5. The molecule has 2 unspecified atom stereocenters. The maximum atomic E-state index is 11.1. The fourth-order valence-electron chi connectivity index (χ4n) is 2.96. The highest BCUT2D eigenvalue weighted by Crippen LogP contribution is 2.40. The fraction of sp³-hybridized carbons (Fsp3) is 0.435. The Labute approximate surface area is 203 Å². The van der Waals surface area contributed by atoms with E-state index in [0.717, 1.165) is 11.1 Å². The number of carbonyl (C=O) groups excluding carboxylic acids is 1. The van der Waals surface area contributed by atoms with Gasteiger partial charge in [-0.05, 0) is 35.4 Å². The van der Waals surface area contributed by atoms with Gasteiger partial charge in [-0.2, -0.15) is 0 Å². The van der Waals surface area contributed by atoms with E-state index < -0.39 is 23.6 Å². The molecule has 2 N–H and O–H groups in total. The maximum Gasteiger partial charge on any atom is 0.303 e. The molecular weight excluding hydrogens is 479 g/mol. The van der Waals surface area contributed by atoms with Gasteiger partial charge in [-0.1, -0.05) is 49.2 Å². The standard InChI is InChI=1S/C23H27Cl3O6/c1-14(28)32-19(10-24)13-31-22-20(25)8-16(9-21(22)26)23(2,3)15-4-6-18(7-5-15)30-12-17(29)11-27/h4-9,17,19,27,29H,10-13H2,1-3H3. The minimum atomic E-state index is -0.926. The van der Waals surface area contributed by atoms with Gasteiger partial charge in [0.15, 0.2) is 5.75 Å². The molecule has 0 saturated carbocycles. The van der Waals surface area contributed by atoms with Crippen LogP contribution in [0.3, 0.4) is 0 Å². The van der Waals surface area contributed by atoms with Crippen molar-refractivity contribution in [1.82, 2.24) is 0 Å². The summed E-state index contributed by atoms with van der Waals surface area (Å²) in [5, 5.41) is 18.9. The smallest absolute Gasteiger partial charge is 0.303 e. The summed E-state index contributed by atoms with van der Waals surface area (Å²) in [5.74, 6) is 0.507. The molecule has 0 amide bonds. The zero-order valence-corrected chi connectivity index (χ0v) is 20.4. The van der Waals surface area contributed by atoms with Crippen LogP contribution in [0, 0.1) is 0 Å². The molecule has 176 valence electrons. The zero-order chi connectivity index (χ0) is 23.9. The first kappa shape index (κ1) is 26.6. The Morgan fingerprint density at radius 3 is 2.12 bits per heavy atom. The maximum absolute atomic E-state index is 11.1. The summed E-state index contributed by atoms with van der Waals surface area (Å²) in [6.07, 6.45) is -1.54. The van der Waals surface area contributed by atoms with Gasteiger partial charge in [-0.25, -0.2) is 0 Å². The Balaban J connectivity index is 2.17. The molecule has 2 aromatic rings. The van der Waals surface area contributed by atoms with E-state index in [9.17, 15) is 9.90 Å². The lowest BCUT2D eigenvalue weighted by molar-refractivity contribution is -0.146. The van der Waals surface area contributed by atoms with Crippen molar-refractivity contribution in [3.63, 3.8) is 0 Å². The van der Waals surface area contributed by atoms with Crippen LogP contribution < -0.4 is 9.47 Å². The molecule has 0 fully saturated rings. The van der Waals surface area contributed by atoms with Crippen LogP contribution in [0.1, 0.15) is 31.9 Å². The number of ether oxygens (including phenoxy) is 3. The predicted octanol–water partition coefficient (Wildman–Crippen LogP) is 4.60. The monoisotopic (exact) mass is 504 g/mol. The predicted molar refractivity (Wildman–Crippen MR) is 125 cm³/mol. The molecule has 0 saturated heterocycles. The van der Waals surface area contributed by atoms with Crippen molar-refractivity contribution in [1.29, 1.82) is 0 Å². The molecule has 9 heteroatoms. The molecule has 2 aromatic carbocycles. The third-order valence-electron chi connectivity index (χ3n) is 4.87. The minimum Gasteiger partial charge on any atom is -0.491 e. The van der Waals surface area contributed by atoms with Gasteiger partial charge in [0.1, 0.15) is 31.2 Å². The zero-order valence-electron chi connectivity index (χ0n) is 18.1. The van der Waals surface area contributed by atoms with Crippen LogP contribution in [0.2, 0.25) is 10.0 Å². The van der Waals surface area contributed by atoms with Gasteiger partial charge in [0.05, 0.1) is 22.5 Å². The Kier molecular flexibility index (Phi) is 9.92. The first-order valence-electron chi connectivity index (χ1n) is 9.96. The molecule has 0 spiro atoms. The molecule has 0 radical (unpaired) electrons. The molecule has 0 heterocycles. The Morgan fingerprint density at radius 2 is 1.62 bits per heavy atom. The molecule has 6 nitrogen and oxygen atoms in total. The molecule has 32 heavy (non-hydrogen) atoms. The number of aliphatic hydroxyl groups is 2. The molecule has 0 bridgehead atoms. The van der Waals surface area contributed by atoms with Crippen molar-refractivity contribution in [2.75, 3.05) is 25.7 Å². The van der Waals surface area contributed by atoms with Crippen LogP contribution >= 0.6 is 34.8 Å². The van der Waals surface area contributed by atoms with E-state index in [1.165, 1.54) is 6.92 Å². The SMILES string of the molecule is CC(=O)OC(CCl)COc1c(Cl)cc(C(C)(C)c2ccc(OCC(O)CO)cc2)cc1Cl. The van der Waals surface area contributed by atoms with Gasteiger partial charge in [0, 0.05) is 12.3 Å². The first-order chi connectivity index (χ1) is 15.1. The van der Waals surface area contributed by atoms with Crippen LogP contribution in [0.25, 0.3) is 0 Å². The Bertz CT molecular complexity index is 878. The third kappa shape index (κ3) is 7.15. The van der Waals surface area contributed by atoms with Gasteiger partial charge in [0.25, 0.3) is 0 Å². The number of benzene rings is 2. The third-order valence-corrected chi connectivity index (χ3v) is 5.77.